The molecule has 0 aromatic heterocycles. The highest BCUT2D eigenvalue weighted by Gasteiger charge is 2.28. The monoisotopic (exact) mass is 297 g/mol. The first-order chi connectivity index (χ1) is 8.20. The number of carbonyl (C=O) groups excluding carboxylic acids is 1. The van der Waals surface area contributed by atoms with Crippen molar-refractivity contribution in [2.45, 2.75) is 6.04 Å². The van der Waals surface area contributed by atoms with Crippen molar-refractivity contribution >= 4 is 22.0 Å². The molecule has 1 fully saturated rings. The first kappa shape index (κ1) is 12.4. The topological polar surface area (TPSA) is 44.4 Å². The molecule has 1 aromatic rings. The number of nitrogens with one attached hydrogen (secondary N) is 2. The standard InChI is InChI=1S/C12H16BrN3O/c1-14-5-6-16-8-11(15-12(16)17)9-3-2-4-10(13)7-9/h2-4,7,11,14H,5-6,8H2,1H3,(H,15,17). The highest BCUT2D eigenvalue weighted by molar-refractivity contribution is 9.10. The van der Waals surface area contributed by atoms with Gasteiger partial charge in [0.25, 0.3) is 0 Å². The summed E-state index contributed by atoms with van der Waals surface area (Å²) in [7, 11) is 1.89. The number of benzene rings is 1. The van der Waals surface area contributed by atoms with Crippen LogP contribution in [-0.4, -0.2) is 37.6 Å². The number of urea groups is 1. The Kier molecular flexibility index (Phi) is 4.02. The zero-order chi connectivity index (χ0) is 12.3. The predicted octanol–water partition coefficient (Wildman–Crippen LogP) is 1.73. The maximum Gasteiger partial charge on any atom is 0.318 e. The maximum absolute atomic E-state index is 11.7. The van der Waals surface area contributed by atoms with Crippen LogP contribution >= 0.6 is 15.9 Å². The van der Waals surface area contributed by atoms with Crippen LogP contribution in [0.25, 0.3) is 0 Å². The molecule has 1 saturated heterocycles. The van der Waals surface area contributed by atoms with Crippen molar-refractivity contribution in [1.82, 2.24) is 15.5 Å². The summed E-state index contributed by atoms with van der Waals surface area (Å²) in [6.07, 6.45) is 0. The zero-order valence-electron chi connectivity index (χ0n) is 9.74. The molecule has 0 radical (unpaired) electrons. The molecule has 4 nitrogen and oxygen atoms in total. The Labute approximate surface area is 110 Å². The Morgan fingerprint density at radius 2 is 2.41 bits per heavy atom. The molecule has 2 rings (SSSR count). The van der Waals surface area contributed by atoms with E-state index >= 15 is 0 Å². The van der Waals surface area contributed by atoms with Crippen LogP contribution in [0.1, 0.15) is 11.6 Å². The zero-order valence-corrected chi connectivity index (χ0v) is 11.3. The van der Waals surface area contributed by atoms with Crippen LogP contribution in [0, 0.1) is 0 Å². The molecule has 5 heteroatoms. The number of halogens is 1. The van der Waals surface area contributed by atoms with Gasteiger partial charge in [-0.3, -0.25) is 0 Å². The smallest absolute Gasteiger partial charge is 0.318 e. The van der Waals surface area contributed by atoms with Crippen LogP contribution < -0.4 is 10.6 Å². The van der Waals surface area contributed by atoms with E-state index in [9.17, 15) is 4.79 Å². The molecule has 17 heavy (non-hydrogen) atoms. The van der Waals surface area contributed by atoms with Gasteiger partial charge in [0.2, 0.25) is 0 Å². The summed E-state index contributed by atoms with van der Waals surface area (Å²) < 4.78 is 1.04. The molecule has 0 spiro atoms. The van der Waals surface area contributed by atoms with Crippen LogP contribution in [0.3, 0.4) is 0 Å². The second-order valence-electron chi connectivity index (χ2n) is 4.11. The van der Waals surface area contributed by atoms with Gasteiger partial charge in [0.05, 0.1) is 6.04 Å². The van der Waals surface area contributed by atoms with Crippen molar-refractivity contribution in [3.63, 3.8) is 0 Å². The maximum atomic E-state index is 11.7. The van der Waals surface area contributed by atoms with Gasteiger partial charge in [-0.15, -0.1) is 0 Å². The minimum absolute atomic E-state index is 0.0187. The van der Waals surface area contributed by atoms with Gasteiger partial charge in [-0.25, -0.2) is 4.79 Å². The summed E-state index contributed by atoms with van der Waals surface area (Å²) >= 11 is 3.45. The molecule has 2 amide bonds. The normalized spacial score (nSPS) is 19.5. The molecule has 2 N–H and O–H groups in total. The van der Waals surface area contributed by atoms with Crippen molar-refractivity contribution in [2.24, 2.45) is 0 Å². The summed E-state index contributed by atoms with van der Waals surface area (Å²) in [5, 5.41) is 6.04. The Bertz CT molecular complexity index is 410. The van der Waals surface area contributed by atoms with Crippen molar-refractivity contribution in [3.8, 4) is 0 Å². The number of likely N-dealkylation sites (N-methyl/N-ethyl adjacent to an activating group) is 1. The van der Waals surface area contributed by atoms with E-state index in [2.05, 4.69) is 26.6 Å². The fraction of sp³-hybridized carbons (Fsp3) is 0.417. The average molecular weight is 298 g/mol. The first-order valence-corrected chi connectivity index (χ1v) is 6.45. The van der Waals surface area contributed by atoms with E-state index in [-0.39, 0.29) is 12.1 Å². The van der Waals surface area contributed by atoms with Gasteiger partial charge >= 0.3 is 6.03 Å². The van der Waals surface area contributed by atoms with Gasteiger partial charge in [-0.1, -0.05) is 28.1 Å². The molecule has 1 atom stereocenters. The molecule has 1 heterocycles. The van der Waals surface area contributed by atoms with E-state index in [1.165, 1.54) is 0 Å². The Morgan fingerprint density at radius 3 is 3.12 bits per heavy atom. The third kappa shape index (κ3) is 2.98. The van der Waals surface area contributed by atoms with E-state index in [1.807, 2.05) is 36.2 Å². The lowest BCUT2D eigenvalue weighted by atomic mass is 10.1. The summed E-state index contributed by atoms with van der Waals surface area (Å²) in [6.45, 7) is 2.29. The highest BCUT2D eigenvalue weighted by Crippen LogP contribution is 2.22. The third-order valence-electron chi connectivity index (χ3n) is 2.87. The van der Waals surface area contributed by atoms with Crippen molar-refractivity contribution in [3.05, 3.63) is 34.3 Å². The fourth-order valence-electron chi connectivity index (χ4n) is 1.94. The molecule has 1 unspecified atom stereocenters. The fourth-order valence-corrected chi connectivity index (χ4v) is 2.36. The lowest BCUT2D eigenvalue weighted by Gasteiger charge is -2.14. The molecular weight excluding hydrogens is 282 g/mol. The Balaban J connectivity index is 2.03. The second kappa shape index (κ2) is 5.51. The Hall–Kier alpha value is -1.07. The van der Waals surface area contributed by atoms with Crippen LogP contribution in [0.2, 0.25) is 0 Å². The number of hydrogen-bond acceptors (Lipinski definition) is 2. The van der Waals surface area contributed by atoms with E-state index < -0.39 is 0 Å². The van der Waals surface area contributed by atoms with Gasteiger partial charge in [0, 0.05) is 24.1 Å². The molecule has 1 aliphatic heterocycles. The van der Waals surface area contributed by atoms with Gasteiger partial charge < -0.3 is 15.5 Å². The SMILES string of the molecule is CNCCN1CC(c2cccc(Br)c2)NC1=O. The third-order valence-corrected chi connectivity index (χ3v) is 3.36. The molecule has 0 bridgehead atoms. The van der Waals surface area contributed by atoms with Crippen molar-refractivity contribution in [2.75, 3.05) is 26.7 Å². The molecule has 1 aliphatic rings. The van der Waals surface area contributed by atoms with E-state index in [4.69, 9.17) is 0 Å². The summed E-state index contributed by atoms with van der Waals surface area (Å²) in [5.74, 6) is 0. The van der Waals surface area contributed by atoms with Crippen LogP contribution in [0.4, 0.5) is 4.79 Å². The summed E-state index contributed by atoms with van der Waals surface area (Å²) in [4.78, 5) is 13.6. The second-order valence-corrected chi connectivity index (χ2v) is 5.02. The van der Waals surface area contributed by atoms with E-state index in [1.54, 1.807) is 0 Å². The van der Waals surface area contributed by atoms with Crippen molar-refractivity contribution < 1.29 is 4.79 Å². The van der Waals surface area contributed by atoms with Crippen LogP contribution in [-0.2, 0) is 0 Å². The number of amides is 2. The van der Waals surface area contributed by atoms with Crippen LogP contribution in [0.5, 0.6) is 0 Å². The van der Waals surface area contributed by atoms with Gasteiger partial charge in [-0.05, 0) is 24.7 Å². The number of rotatable bonds is 4. The van der Waals surface area contributed by atoms with E-state index in [0.717, 1.165) is 29.7 Å². The predicted molar refractivity (Wildman–Crippen MR) is 70.9 cm³/mol. The molecule has 0 saturated carbocycles. The first-order valence-electron chi connectivity index (χ1n) is 5.66. The van der Waals surface area contributed by atoms with Gasteiger partial charge in [0.1, 0.15) is 0 Å². The molecule has 0 aliphatic carbocycles. The minimum atomic E-state index is 0.0187. The van der Waals surface area contributed by atoms with Gasteiger partial charge in [-0.2, -0.15) is 0 Å². The van der Waals surface area contributed by atoms with Crippen molar-refractivity contribution in [1.29, 1.82) is 0 Å². The largest absolute Gasteiger partial charge is 0.329 e. The summed E-state index contributed by atoms with van der Waals surface area (Å²) in [5.41, 5.74) is 1.14. The lowest BCUT2D eigenvalue weighted by Crippen LogP contribution is -2.33. The highest BCUT2D eigenvalue weighted by atomic mass is 79.9. The lowest BCUT2D eigenvalue weighted by molar-refractivity contribution is 0.218. The van der Waals surface area contributed by atoms with Gasteiger partial charge in [0.15, 0.2) is 0 Å². The molecule has 1 aromatic carbocycles. The number of nitrogens with zero attached hydrogens (tertiary/aromatic N) is 1. The number of hydrogen-bond donors (Lipinski definition) is 2. The summed E-state index contributed by atoms with van der Waals surface area (Å²) in [6, 6.07) is 8.17. The average Bonchev–Trinajstić information content (AvgIpc) is 2.68. The van der Waals surface area contributed by atoms with Crippen LogP contribution in [0.15, 0.2) is 28.7 Å². The number of carbonyl (C=O) groups is 1. The quantitative estimate of drug-likeness (QED) is 0.889. The Morgan fingerprint density at radius 1 is 1.59 bits per heavy atom. The van der Waals surface area contributed by atoms with E-state index in [0.29, 0.717) is 0 Å². The molecular formula is C12H16BrN3O. The minimum Gasteiger partial charge on any atom is -0.329 e. The molecule has 92 valence electrons.